The molecule has 0 aliphatic carbocycles. The van der Waals surface area contributed by atoms with Crippen molar-refractivity contribution in [2.24, 2.45) is 0 Å². The molecule has 1 aromatic rings. The average molecular weight is 457 g/mol. The summed E-state index contributed by atoms with van der Waals surface area (Å²) in [6, 6.07) is 4.29. The van der Waals surface area contributed by atoms with Crippen LogP contribution in [0.3, 0.4) is 0 Å². The molecule has 1 rings (SSSR count). The van der Waals surface area contributed by atoms with Gasteiger partial charge in [0.1, 0.15) is 5.75 Å². The third kappa shape index (κ3) is 11.3. The molecule has 0 aromatic heterocycles. The Labute approximate surface area is 196 Å². The van der Waals surface area contributed by atoms with Gasteiger partial charge in [0, 0.05) is 5.57 Å². The second-order valence-electron chi connectivity index (χ2n) is 8.69. The molecule has 0 spiro atoms. The van der Waals surface area contributed by atoms with E-state index in [2.05, 4.69) is 6.08 Å². The monoisotopic (exact) mass is 456 g/mol. The molecule has 0 bridgehead atoms. The highest BCUT2D eigenvalue weighted by Gasteiger charge is 2.15. The van der Waals surface area contributed by atoms with Crippen LogP contribution in [0.4, 0.5) is 0 Å². The maximum atomic E-state index is 11.1. The predicted molar refractivity (Wildman–Crippen MR) is 131 cm³/mol. The number of phenols is 1. The number of carbonyl (C=O) groups is 2. The van der Waals surface area contributed by atoms with Crippen molar-refractivity contribution in [1.82, 2.24) is 0 Å². The van der Waals surface area contributed by atoms with Crippen molar-refractivity contribution in [3.05, 3.63) is 76.4 Å². The Morgan fingerprint density at radius 2 is 1.70 bits per heavy atom. The van der Waals surface area contributed by atoms with Crippen LogP contribution >= 0.6 is 0 Å². The number of rotatable bonds is 13. The maximum Gasteiger partial charge on any atom is 0.335 e. The van der Waals surface area contributed by atoms with Crippen LogP contribution in [0, 0.1) is 0 Å². The van der Waals surface area contributed by atoms with Crippen molar-refractivity contribution in [2.45, 2.75) is 71.8 Å². The minimum Gasteiger partial charge on any atom is -0.508 e. The van der Waals surface area contributed by atoms with Gasteiger partial charge in [-0.25, -0.2) is 9.59 Å². The molecule has 0 radical (unpaired) electrons. The molecule has 6 nitrogen and oxygen atoms in total. The van der Waals surface area contributed by atoms with Crippen LogP contribution in [-0.2, 0) is 11.2 Å². The van der Waals surface area contributed by atoms with Crippen molar-refractivity contribution in [3.63, 3.8) is 0 Å². The Balaban J connectivity index is 2.50. The van der Waals surface area contributed by atoms with Crippen molar-refractivity contribution in [3.8, 4) is 5.75 Å². The molecule has 0 saturated carbocycles. The molecule has 0 fully saturated rings. The van der Waals surface area contributed by atoms with Gasteiger partial charge in [-0.3, -0.25) is 0 Å². The minimum atomic E-state index is -1.02. The number of hydrogen-bond donors (Lipinski definition) is 4. The largest absolute Gasteiger partial charge is 0.508 e. The fraction of sp³-hybridized carbons (Fsp3) is 0.407. The number of aliphatic hydroxyl groups is 1. The summed E-state index contributed by atoms with van der Waals surface area (Å²) in [6.07, 6.45) is 13.3. The number of hydrogen-bond acceptors (Lipinski definition) is 4. The Hall–Kier alpha value is -3.12. The standard InChI is InChI=1S/C27H36O6/c1-19(10-6-16-27(4,33)17-7-11-21(3)25(29)30)8-5-9-20(2)12-13-22-18-23(26(31)32)14-15-24(22)28/h6,8,11-12,14-16,18,28,33H,5,7,9-10,13,17H2,1-4H3,(H,29,30)(H,31,32)/b16-6+,19-8?,20-12?,21-11?/t27-/m1/s1. The molecule has 0 amide bonds. The van der Waals surface area contributed by atoms with Gasteiger partial charge in [0.05, 0.1) is 11.2 Å². The molecule has 33 heavy (non-hydrogen) atoms. The van der Waals surface area contributed by atoms with Crippen LogP contribution in [0.2, 0.25) is 0 Å². The highest BCUT2D eigenvalue weighted by Crippen LogP contribution is 2.21. The number of carboxylic acid groups (broad SMARTS) is 2. The highest BCUT2D eigenvalue weighted by atomic mass is 16.4. The summed E-state index contributed by atoms with van der Waals surface area (Å²) in [6.45, 7) is 7.30. The van der Waals surface area contributed by atoms with Crippen LogP contribution in [0.5, 0.6) is 5.75 Å². The van der Waals surface area contributed by atoms with Gasteiger partial charge >= 0.3 is 11.9 Å². The first-order valence-electron chi connectivity index (χ1n) is 11.1. The van der Waals surface area contributed by atoms with Crippen LogP contribution in [0.25, 0.3) is 0 Å². The van der Waals surface area contributed by atoms with E-state index in [0.717, 1.165) is 24.8 Å². The van der Waals surface area contributed by atoms with E-state index in [0.29, 0.717) is 24.8 Å². The summed E-state index contributed by atoms with van der Waals surface area (Å²) in [5, 5.41) is 38.3. The summed E-state index contributed by atoms with van der Waals surface area (Å²) in [5.41, 5.74) is 2.38. The second-order valence-corrected chi connectivity index (χ2v) is 8.69. The fourth-order valence-electron chi connectivity index (χ4n) is 3.15. The molecule has 180 valence electrons. The van der Waals surface area contributed by atoms with Gasteiger partial charge in [-0.2, -0.15) is 0 Å². The van der Waals surface area contributed by atoms with E-state index in [9.17, 15) is 19.8 Å². The van der Waals surface area contributed by atoms with E-state index in [1.165, 1.54) is 23.8 Å². The SMILES string of the molecule is CC(=CCCC(C)=CCc1cc(C(=O)O)ccc1O)C/C=C/[C@@](C)(O)CCC=C(C)C(=O)O. The quantitative estimate of drug-likeness (QED) is 0.220. The topological polar surface area (TPSA) is 115 Å². The van der Waals surface area contributed by atoms with E-state index in [1.54, 1.807) is 26.0 Å². The Kier molecular flexibility index (Phi) is 11.4. The Morgan fingerprint density at radius 1 is 1.00 bits per heavy atom. The van der Waals surface area contributed by atoms with E-state index in [4.69, 9.17) is 10.2 Å². The molecule has 1 aromatic carbocycles. The smallest absolute Gasteiger partial charge is 0.335 e. The van der Waals surface area contributed by atoms with E-state index >= 15 is 0 Å². The molecule has 0 aliphatic rings. The lowest BCUT2D eigenvalue weighted by Crippen LogP contribution is -2.20. The molecule has 0 saturated heterocycles. The summed E-state index contributed by atoms with van der Waals surface area (Å²) in [7, 11) is 0. The summed E-state index contributed by atoms with van der Waals surface area (Å²) in [4.78, 5) is 21.9. The normalized spacial score (nSPS) is 15.0. The fourth-order valence-corrected chi connectivity index (χ4v) is 3.15. The zero-order valence-electron chi connectivity index (χ0n) is 20.0. The number of allylic oxidation sites excluding steroid dienone is 6. The number of aromatic hydroxyl groups is 1. The summed E-state index contributed by atoms with van der Waals surface area (Å²) in [5.74, 6) is -1.87. The van der Waals surface area contributed by atoms with E-state index in [1.807, 2.05) is 26.0 Å². The summed E-state index contributed by atoms with van der Waals surface area (Å²) < 4.78 is 0. The molecule has 0 unspecified atom stereocenters. The van der Waals surface area contributed by atoms with Crippen molar-refractivity contribution in [2.75, 3.05) is 0 Å². The van der Waals surface area contributed by atoms with Gasteiger partial charge in [-0.15, -0.1) is 0 Å². The molecule has 0 aliphatic heterocycles. The zero-order chi connectivity index (χ0) is 25.0. The Bertz CT molecular complexity index is 947. The number of aliphatic carboxylic acids is 1. The molecule has 0 heterocycles. The summed E-state index contributed by atoms with van der Waals surface area (Å²) >= 11 is 0. The third-order valence-corrected chi connectivity index (χ3v) is 5.38. The van der Waals surface area contributed by atoms with Crippen LogP contribution in [0.1, 0.15) is 75.7 Å². The average Bonchev–Trinajstić information content (AvgIpc) is 2.72. The van der Waals surface area contributed by atoms with Crippen LogP contribution in [0.15, 0.2) is 65.3 Å². The molecule has 6 heteroatoms. The van der Waals surface area contributed by atoms with Gasteiger partial charge in [0.15, 0.2) is 0 Å². The lowest BCUT2D eigenvalue weighted by Gasteiger charge is -2.17. The number of phenolic OH excluding ortho intramolecular Hbond substituents is 1. The molecular formula is C27H36O6. The van der Waals surface area contributed by atoms with Gasteiger partial charge in [0.25, 0.3) is 0 Å². The number of aromatic carboxylic acids is 1. The first kappa shape index (κ1) is 27.9. The van der Waals surface area contributed by atoms with E-state index in [-0.39, 0.29) is 16.9 Å². The van der Waals surface area contributed by atoms with Crippen molar-refractivity contribution in [1.29, 1.82) is 0 Å². The van der Waals surface area contributed by atoms with Gasteiger partial charge in [-0.1, -0.05) is 41.5 Å². The minimum absolute atomic E-state index is 0.0931. The molecule has 4 N–H and O–H groups in total. The predicted octanol–water partition coefficient (Wildman–Crippen LogP) is 5.81. The highest BCUT2D eigenvalue weighted by molar-refractivity contribution is 5.88. The first-order chi connectivity index (χ1) is 15.4. The lowest BCUT2D eigenvalue weighted by molar-refractivity contribution is -0.132. The lowest BCUT2D eigenvalue weighted by atomic mass is 9.97. The van der Waals surface area contributed by atoms with Crippen LogP contribution < -0.4 is 0 Å². The Morgan fingerprint density at radius 3 is 2.33 bits per heavy atom. The zero-order valence-corrected chi connectivity index (χ0v) is 20.0. The second kappa shape index (κ2) is 13.4. The number of carboxylic acids is 2. The third-order valence-electron chi connectivity index (χ3n) is 5.38. The molecule has 1 atom stereocenters. The van der Waals surface area contributed by atoms with Crippen molar-refractivity contribution < 1.29 is 30.0 Å². The van der Waals surface area contributed by atoms with Gasteiger partial charge in [-0.05, 0) is 90.0 Å². The molecular weight excluding hydrogens is 420 g/mol. The van der Waals surface area contributed by atoms with Gasteiger partial charge in [0.2, 0.25) is 0 Å². The number of benzene rings is 1. The van der Waals surface area contributed by atoms with Crippen LogP contribution in [-0.4, -0.2) is 38.0 Å². The maximum absolute atomic E-state index is 11.1. The van der Waals surface area contributed by atoms with E-state index < -0.39 is 17.5 Å². The first-order valence-corrected chi connectivity index (χ1v) is 11.1. The van der Waals surface area contributed by atoms with Crippen molar-refractivity contribution >= 4 is 11.9 Å². The van der Waals surface area contributed by atoms with Gasteiger partial charge < -0.3 is 20.4 Å².